The molecular formula is C24H27N7O3. The molecular weight excluding hydrogens is 434 g/mol. The number of piperazine rings is 1. The van der Waals surface area contributed by atoms with Gasteiger partial charge in [-0.25, -0.2) is 9.78 Å². The predicted octanol–water partition coefficient (Wildman–Crippen LogP) is 2.50. The summed E-state index contributed by atoms with van der Waals surface area (Å²) in [6.45, 7) is 4.38. The first-order valence-electron chi connectivity index (χ1n) is 11.1. The Morgan fingerprint density at radius 3 is 2.38 bits per heavy atom. The van der Waals surface area contributed by atoms with Gasteiger partial charge in [0.2, 0.25) is 5.91 Å². The quantitative estimate of drug-likeness (QED) is 0.552. The van der Waals surface area contributed by atoms with E-state index in [4.69, 9.17) is 4.74 Å². The smallest absolute Gasteiger partial charge is 0.407 e. The topological polar surface area (TPSA) is 113 Å². The molecule has 4 rings (SSSR count). The third-order valence-electron chi connectivity index (χ3n) is 5.37. The minimum atomic E-state index is -0.611. The Kier molecular flexibility index (Phi) is 7.49. The van der Waals surface area contributed by atoms with Crippen molar-refractivity contribution in [3.63, 3.8) is 0 Å². The Morgan fingerprint density at radius 2 is 1.71 bits per heavy atom. The molecule has 3 aromatic rings. The standard InChI is InChI=1S/C24H27N7O3/c1-18-7-8-20(25-15-18)27-21-9-10-22(29-28-21)30-11-13-31(14-12-30)23(32)16-26-24(33)34-17-19-5-3-2-4-6-19/h2-10,15H,11-14,16-17H2,1H3,(H,26,33)(H,25,27,28). The van der Waals surface area contributed by atoms with Crippen molar-refractivity contribution in [3.05, 3.63) is 71.9 Å². The summed E-state index contributed by atoms with van der Waals surface area (Å²) >= 11 is 0. The first-order valence-corrected chi connectivity index (χ1v) is 11.1. The first kappa shape index (κ1) is 23.0. The Bertz CT molecular complexity index is 1080. The van der Waals surface area contributed by atoms with Crippen LogP contribution in [0, 0.1) is 6.92 Å². The molecule has 2 amide bonds. The van der Waals surface area contributed by atoms with Crippen molar-refractivity contribution in [1.29, 1.82) is 0 Å². The van der Waals surface area contributed by atoms with Crippen LogP contribution in [0.2, 0.25) is 0 Å². The SMILES string of the molecule is Cc1ccc(Nc2ccc(N3CCN(C(=O)CNC(=O)OCc4ccccc4)CC3)nn2)nc1. The van der Waals surface area contributed by atoms with E-state index in [1.54, 1.807) is 11.1 Å². The zero-order valence-electron chi connectivity index (χ0n) is 19.0. The second kappa shape index (κ2) is 11.1. The lowest BCUT2D eigenvalue weighted by molar-refractivity contribution is -0.130. The molecule has 0 radical (unpaired) electrons. The summed E-state index contributed by atoms with van der Waals surface area (Å²) in [7, 11) is 0. The van der Waals surface area contributed by atoms with Crippen LogP contribution >= 0.6 is 0 Å². The maximum Gasteiger partial charge on any atom is 0.407 e. The normalized spacial score (nSPS) is 13.3. The van der Waals surface area contributed by atoms with Crippen molar-refractivity contribution >= 4 is 29.5 Å². The van der Waals surface area contributed by atoms with Gasteiger partial charge in [0.15, 0.2) is 11.6 Å². The van der Waals surface area contributed by atoms with Crippen molar-refractivity contribution in [2.24, 2.45) is 0 Å². The van der Waals surface area contributed by atoms with Gasteiger partial charge >= 0.3 is 6.09 Å². The average molecular weight is 462 g/mol. The molecule has 1 aromatic carbocycles. The fourth-order valence-corrected chi connectivity index (χ4v) is 3.45. The molecule has 10 heteroatoms. The number of ether oxygens (including phenoxy) is 1. The Morgan fingerprint density at radius 1 is 0.941 bits per heavy atom. The number of hydrogen-bond acceptors (Lipinski definition) is 8. The number of aromatic nitrogens is 3. The molecule has 0 aliphatic carbocycles. The zero-order chi connectivity index (χ0) is 23.8. The number of carbonyl (C=O) groups excluding carboxylic acids is 2. The van der Waals surface area contributed by atoms with Crippen molar-refractivity contribution in [2.45, 2.75) is 13.5 Å². The molecule has 0 bridgehead atoms. The minimum Gasteiger partial charge on any atom is -0.445 e. The van der Waals surface area contributed by atoms with Crippen LogP contribution in [0.5, 0.6) is 0 Å². The van der Waals surface area contributed by atoms with Gasteiger partial charge in [0, 0.05) is 32.4 Å². The van der Waals surface area contributed by atoms with Crippen LogP contribution in [0.15, 0.2) is 60.8 Å². The van der Waals surface area contributed by atoms with E-state index >= 15 is 0 Å². The summed E-state index contributed by atoms with van der Waals surface area (Å²) in [5.41, 5.74) is 1.97. The van der Waals surface area contributed by atoms with Crippen LogP contribution in [0.3, 0.4) is 0 Å². The monoisotopic (exact) mass is 461 g/mol. The molecule has 1 saturated heterocycles. The average Bonchev–Trinajstić information content (AvgIpc) is 2.88. The molecule has 1 aliphatic rings. The molecule has 2 N–H and O–H groups in total. The highest BCUT2D eigenvalue weighted by atomic mass is 16.5. The maximum absolute atomic E-state index is 12.5. The number of rotatable bonds is 7. The highest BCUT2D eigenvalue weighted by Gasteiger charge is 2.22. The van der Waals surface area contributed by atoms with Crippen molar-refractivity contribution in [3.8, 4) is 0 Å². The molecule has 1 fully saturated rings. The van der Waals surface area contributed by atoms with Crippen LogP contribution in [0.4, 0.5) is 22.2 Å². The lowest BCUT2D eigenvalue weighted by Crippen LogP contribution is -2.51. The fraction of sp³-hybridized carbons (Fsp3) is 0.292. The van der Waals surface area contributed by atoms with Gasteiger partial charge in [-0.05, 0) is 36.2 Å². The molecule has 0 atom stereocenters. The highest BCUT2D eigenvalue weighted by molar-refractivity contribution is 5.82. The van der Waals surface area contributed by atoms with Crippen molar-refractivity contribution in [1.82, 2.24) is 25.4 Å². The van der Waals surface area contributed by atoms with E-state index in [-0.39, 0.29) is 19.1 Å². The molecule has 0 unspecified atom stereocenters. The van der Waals surface area contributed by atoms with Gasteiger partial charge in [-0.1, -0.05) is 36.4 Å². The molecule has 176 valence electrons. The number of anilines is 3. The second-order valence-corrected chi connectivity index (χ2v) is 7.91. The van der Waals surface area contributed by atoms with Crippen LogP contribution in [-0.2, 0) is 16.1 Å². The lowest BCUT2D eigenvalue weighted by Gasteiger charge is -2.35. The largest absolute Gasteiger partial charge is 0.445 e. The van der Waals surface area contributed by atoms with Crippen LogP contribution < -0.4 is 15.5 Å². The molecule has 0 saturated carbocycles. The predicted molar refractivity (Wildman–Crippen MR) is 128 cm³/mol. The summed E-state index contributed by atoms with van der Waals surface area (Å²) in [6, 6.07) is 17.0. The number of nitrogens with zero attached hydrogens (tertiary/aromatic N) is 5. The summed E-state index contributed by atoms with van der Waals surface area (Å²) < 4.78 is 5.14. The van der Waals surface area contributed by atoms with Gasteiger partial charge in [0.25, 0.3) is 0 Å². The van der Waals surface area contributed by atoms with E-state index in [2.05, 4.69) is 30.7 Å². The molecule has 34 heavy (non-hydrogen) atoms. The first-order chi connectivity index (χ1) is 16.6. The van der Waals surface area contributed by atoms with Gasteiger partial charge in [-0.3, -0.25) is 4.79 Å². The lowest BCUT2D eigenvalue weighted by atomic mass is 10.2. The van der Waals surface area contributed by atoms with E-state index in [1.165, 1.54) is 0 Å². The van der Waals surface area contributed by atoms with Gasteiger partial charge in [-0.2, -0.15) is 0 Å². The van der Waals surface area contributed by atoms with Crippen molar-refractivity contribution < 1.29 is 14.3 Å². The Balaban J connectivity index is 1.18. The molecule has 2 aromatic heterocycles. The third-order valence-corrected chi connectivity index (χ3v) is 5.37. The van der Waals surface area contributed by atoms with Gasteiger partial charge in [0.05, 0.1) is 0 Å². The molecule has 0 spiro atoms. The van der Waals surface area contributed by atoms with Crippen LogP contribution in [0.25, 0.3) is 0 Å². The number of benzene rings is 1. The van der Waals surface area contributed by atoms with Gasteiger partial charge in [0.1, 0.15) is 19.0 Å². The number of aryl methyl sites for hydroxylation is 1. The summed E-state index contributed by atoms with van der Waals surface area (Å²) in [5.74, 6) is 1.92. The maximum atomic E-state index is 12.5. The summed E-state index contributed by atoms with van der Waals surface area (Å²) in [6.07, 6.45) is 1.18. The van der Waals surface area contributed by atoms with Crippen LogP contribution in [0.1, 0.15) is 11.1 Å². The summed E-state index contributed by atoms with van der Waals surface area (Å²) in [5, 5.41) is 14.2. The Hall–Kier alpha value is -4.21. The van der Waals surface area contributed by atoms with Crippen LogP contribution in [-0.4, -0.2) is 64.8 Å². The molecule has 3 heterocycles. The van der Waals surface area contributed by atoms with Gasteiger partial charge in [-0.15, -0.1) is 10.2 Å². The number of amides is 2. The molecule has 1 aliphatic heterocycles. The number of carbonyl (C=O) groups is 2. The van der Waals surface area contributed by atoms with E-state index in [1.807, 2.05) is 61.5 Å². The molecule has 10 nitrogen and oxygen atoms in total. The van der Waals surface area contributed by atoms with E-state index in [0.717, 1.165) is 16.9 Å². The fourth-order valence-electron chi connectivity index (χ4n) is 3.45. The number of nitrogens with one attached hydrogen (secondary N) is 2. The van der Waals surface area contributed by atoms with Gasteiger partial charge < -0.3 is 25.2 Å². The number of alkyl carbamates (subject to hydrolysis) is 1. The third kappa shape index (κ3) is 6.41. The number of hydrogen-bond donors (Lipinski definition) is 2. The van der Waals surface area contributed by atoms with E-state index in [0.29, 0.717) is 37.8 Å². The highest BCUT2D eigenvalue weighted by Crippen LogP contribution is 2.17. The van der Waals surface area contributed by atoms with Crippen molar-refractivity contribution in [2.75, 3.05) is 42.9 Å². The minimum absolute atomic E-state index is 0.0964. The Labute approximate surface area is 198 Å². The number of pyridine rings is 1. The zero-order valence-corrected chi connectivity index (χ0v) is 19.0. The van der Waals surface area contributed by atoms with E-state index < -0.39 is 6.09 Å². The summed E-state index contributed by atoms with van der Waals surface area (Å²) in [4.78, 5) is 32.4. The van der Waals surface area contributed by atoms with E-state index in [9.17, 15) is 9.59 Å². The second-order valence-electron chi connectivity index (χ2n) is 7.91.